The second kappa shape index (κ2) is 17.0. The van der Waals surface area contributed by atoms with Gasteiger partial charge in [-0.3, -0.25) is 4.79 Å². The summed E-state index contributed by atoms with van der Waals surface area (Å²) in [6, 6.07) is 8.14. The van der Waals surface area contributed by atoms with E-state index in [4.69, 9.17) is 0 Å². The molecule has 5 rings (SSSR count). The molecule has 0 spiro atoms. The van der Waals surface area contributed by atoms with Gasteiger partial charge in [0.2, 0.25) is 6.41 Å². The van der Waals surface area contributed by atoms with Crippen LogP contribution in [0.2, 0.25) is 0 Å². The molecule has 0 radical (unpaired) electrons. The molecule has 42 heavy (non-hydrogen) atoms. The summed E-state index contributed by atoms with van der Waals surface area (Å²) in [5.74, 6) is 0.811. The van der Waals surface area contributed by atoms with Gasteiger partial charge in [-0.2, -0.15) is 0 Å². The number of anilines is 3. The lowest BCUT2D eigenvalue weighted by Crippen LogP contribution is -2.30. The number of nitrogens with one attached hydrogen (secondary N) is 2. The Morgan fingerprint density at radius 1 is 1.10 bits per heavy atom. The van der Waals surface area contributed by atoms with Crippen molar-refractivity contribution in [1.82, 2.24) is 19.8 Å². The number of carbonyl (C=O) groups excluding carboxylic acids is 1. The summed E-state index contributed by atoms with van der Waals surface area (Å²) in [7, 11) is 1.87. The largest absolute Gasteiger partial charge is 0.373 e. The second-order valence-electron chi connectivity index (χ2n) is 11.1. The van der Waals surface area contributed by atoms with Gasteiger partial charge in [0.05, 0.1) is 21.4 Å². The number of hydrogen-bond acceptors (Lipinski definition) is 7. The van der Waals surface area contributed by atoms with Gasteiger partial charge >= 0.3 is 0 Å². The summed E-state index contributed by atoms with van der Waals surface area (Å²) in [6.45, 7) is 16.3. The molecule has 1 aromatic carbocycles. The fraction of sp³-hybridized carbons (Fsp3) is 0.500. The Kier molecular flexibility index (Phi) is 13.5. The average Bonchev–Trinajstić information content (AvgIpc) is 3.55. The van der Waals surface area contributed by atoms with Crippen molar-refractivity contribution >= 4 is 51.2 Å². The monoisotopic (exact) mass is 590 g/mol. The number of hydrogen-bond donors (Lipinski definition) is 2. The van der Waals surface area contributed by atoms with E-state index in [-0.39, 0.29) is 0 Å². The number of allylic oxidation sites excluding steroid dienone is 1. The van der Waals surface area contributed by atoms with Crippen LogP contribution < -0.4 is 10.6 Å². The number of nitrogens with zero attached hydrogens (tertiary/aromatic N) is 4. The standard InChI is InChI=1S/C21H21N5OS.C11H23N.C2H6/c1-22-21-17(4-2-15-7-10-26(14-27)11-8-15)18(6-9-23-21)25-16-3-5-19-20(12-16)28-13-24-19;1-4-8-12(9-5-2)10-11(3)6-7-11;1-2/h2-7,9,12-14H,8,10-11H2,1H3,(H2,22,23,25);4-10H2,1-3H3;1-2H3/b4-2+;;. The number of fused-ring (bicyclic) bond motifs is 1. The van der Waals surface area contributed by atoms with E-state index >= 15 is 0 Å². The lowest BCUT2D eigenvalue weighted by molar-refractivity contribution is -0.117. The molecule has 7 nitrogen and oxygen atoms in total. The average molecular weight is 591 g/mol. The molecule has 3 heterocycles. The first kappa shape index (κ1) is 33.3. The molecule has 8 heteroatoms. The van der Waals surface area contributed by atoms with Gasteiger partial charge in [-0.25, -0.2) is 9.97 Å². The van der Waals surface area contributed by atoms with E-state index in [1.807, 2.05) is 44.6 Å². The van der Waals surface area contributed by atoms with E-state index in [0.29, 0.717) is 12.0 Å². The summed E-state index contributed by atoms with van der Waals surface area (Å²) in [5, 5.41) is 6.67. The quantitative estimate of drug-likeness (QED) is 0.207. The van der Waals surface area contributed by atoms with Crippen LogP contribution in [-0.2, 0) is 4.79 Å². The topological polar surface area (TPSA) is 73.4 Å². The first-order chi connectivity index (χ1) is 20.5. The number of pyridine rings is 1. The molecule has 1 aliphatic heterocycles. The maximum atomic E-state index is 10.9. The van der Waals surface area contributed by atoms with Crippen LogP contribution in [-0.4, -0.2) is 65.9 Å². The molecule has 2 aromatic heterocycles. The molecule has 0 bridgehead atoms. The zero-order chi connectivity index (χ0) is 30.4. The fourth-order valence-electron chi connectivity index (χ4n) is 4.99. The molecule has 0 atom stereocenters. The van der Waals surface area contributed by atoms with E-state index < -0.39 is 0 Å². The summed E-state index contributed by atoms with van der Waals surface area (Å²) in [6.07, 6.45) is 15.3. The predicted octanol–water partition coefficient (Wildman–Crippen LogP) is 8.21. The molecule has 1 saturated carbocycles. The van der Waals surface area contributed by atoms with E-state index in [1.165, 1.54) is 50.9 Å². The lowest BCUT2D eigenvalue weighted by Gasteiger charge is -2.24. The summed E-state index contributed by atoms with van der Waals surface area (Å²) in [4.78, 5) is 24.0. The minimum absolute atomic E-state index is 0.662. The Morgan fingerprint density at radius 3 is 2.48 bits per heavy atom. The molecule has 0 saturated heterocycles. The van der Waals surface area contributed by atoms with Gasteiger partial charge in [-0.1, -0.05) is 46.8 Å². The Labute approximate surface area is 257 Å². The maximum Gasteiger partial charge on any atom is 0.209 e. The fourth-order valence-corrected chi connectivity index (χ4v) is 5.71. The van der Waals surface area contributed by atoms with Crippen LogP contribution in [0.1, 0.15) is 72.3 Å². The molecular weight excluding hydrogens is 540 g/mol. The molecule has 2 aliphatic rings. The molecule has 2 N–H and O–H groups in total. The summed E-state index contributed by atoms with van der Waals surface area (Å²) in [5.41, 5.74) is 7.77. The highest BCUT2D eigenvalue weighted by atomic mass is 32.1. The van der Waals surface area contributed by atoms with Crippen LogP contribution in [0.3, 0.4) is 0 Å². The first-order valence-corrected chi connectivity index (χ1v) is 16.4. The molecule has 1 fully saturated rings. The number of aromatic nitrogens is 2. The van der Waals surface area contributed by atoms with E-state index in [2.05, 4.69) is 70.6 Å². The van der Waals surface area contributed by atoms with Crippen LogP contribution in [0, 0.1) is 5.41 Å². The molecule has 228 valence electrons. The SMILES string of the molecule is CC.CCCN(CCC)CC1(C)CC1.CNc1nccc(Nc2ccc3ncsc3c2)c1/C=C/C1=CCN(C=O)CC1. The number of rotatable bonds is 12. The van der Waals surface area contributed by atoms with Gasteiger partial charge in [0.25, 0.3) is 0 Å². The Bertz CT molecular complexity index is 1310. The van der Waals surface area contributed by atoms with Crippen LogP contribution >= 0.6 is 11.3 Å². The third-order valence-corrected chi connectivity index (χ3v) is 8.31. The van der Waals surface area contributed by atoms with Crippen molar-refractivity contribution in [3.8, 4) is 0 Å². The number of thiazole rings is 1. The zero-order valence-electron chi connectivity index (χ0n) is 26.4. The van der Waals surface area contributed by atoms with E-state index in [1.54, 1.807) is 22.4 Å². The van der Waals surface area contributed by atoms with Crippen LogP contribution in [0.4, 0.5) is 17.2 Å². The minimum atomic E-state index is 0.662. The van der Waals surface area contributed by atoms with Crippen molar-refractivity contribution in [2.24, 2.45) is 5.41 Å². The van der Waals surface area contributed by atoms with Crippen molar-refractivity contribution in [2.75, 3.05) is 50.4 Å². The van der Waals surface area contributed by atoms with Gasteiger partial charge in [-0.05, 0) is 86.5 Å². The zero-order valence-corrected chi connectivity index (χ0v) is 27.3. The Balaban J connectivity index is 0.000000290. The van der Waals surface area contributed by atoms with Crippen molar-refractivity contribution in [3.63, 3.8) is 0 Å². The second-order valence-corrected chi connectivity index (χ2v) is 12.0. The van der Waals surface area contributed by atoms with E-state index in [0.717, 1.165) is 52.3 Å². The molecule has 1 aliphatic carbocycles. The van der Waals surface area contributed by atoms with Gasteiger partial charge in [0.15, 0.2) is 0 Å². The van der Waals surface area contributed by atoms with Gasteiger partial charge in [-0.15, -0.1) is 11.3 Å². The van der Waals surface area contributed by atoms with Crippen LogP contribution in [0.25, 0.3) is 16.3 Å². The normalized spacial score (nSPS) is 15.4. The Hall–Kier alpha value is -3.23. The molecule has 0 unspecified atom stereocenters. The third-order valence-electron chi connectivity index (χ3n) is 7.51. The molecule has 1 amide bonds. The lowest BCUT2D eigenvalue weighted by atomic mass is 10.1. The van der Waals surface area contributed by atoms with Crippen molar-refractivity contribution in [2.45, 2.75) is 66.7 Å². The Morgan fingerprint density at radius 2 is 1.86 bits per heavy atom. The number of benzene rings is 1. The highest BCUT2D eigenvalue weighted by Crippen LogP contribution is 2.45. The molecule has 3 aromatic rings. The third kappa shape index (κ3) is 9.95. The first-order valence-electron chi connectivity index (χ1n) is 15.5. The van der Waals surface area contributed by atoms with Gasteiger partial charge in [0.1, 0.15) is 5.82 Å². The van der Waals surface area contributed by atoms with Crippen molar-refractivity contribution in [3.05, 3.63) is 59.3 Å². The minimum Gasteiger partial charge on any atom is -0.373 e. The smallest absolute Gasteiger partial charge is 0.209 e. The molecular formula is C34H50N6OS. The highest BCUT2D eigenvalue weighted by Gasteiger charge is 2.38. The number of amides is 1. The van der Waals surface area contributed by atoms with Gasteiger partial charge in [0, 0.05) is 44.1 Å². The van der Waals surface area contributed by atoms with Crippen molar-refractivity contribution < 1.29 is 4.79 Å². The summed E-state index contributed by atoms with van der Waals surface area (Å²) >= 11 is 1.63. The van der Waals surface area contributed by atoms with Gasteiger partial charge < -0.3 is 20.4 Å². The highest BCUT2D eigenvalue weighted by molar-refractivity contribution is 7.16. The number of carbonyl (C=O) groups is 1. The van der Waals surface area contributed by atoms with E-state index in [9.17, 15) is 4.79 Å². The summed E-state index contributed by atoms with van der Waals surface area (Å²) < 4.78 is 1.15. The predicted molar refractivity (Wildman–Crippen MR) is 182 cm³/mol. The maximum absolute atomic E-state index is 10.9. The van der Waals surface area contributed by atoms with Crippen molar-refractivity contribution in [1.29, 1.82) is 0 Å². The van der Waals surface area contributed by atoms with Crippen LogP contribution in [0.15, 0.2) is 53.7 Å². The van der Waals surface area contributed by atoms with Crippen LogP contribution in [0.5, 0.6) is 0 Å².